The number of hydrogen-bond donors (Lipinski definition) is 1. The van der Waals surface area contributed by atoms with Gasteiger partial charge in [0, 0.05) is 6.54 Å². The van der Waals surface area contributed by atoms with Gasteiger partial charge in [0.05, 0.1) is 12.1 Å². The molecule has 19 heavy (non-hydrogen) atoms. The van der Waals surface area contributed by atoms with Crippen molar-refractivity contribution in [3.63, 3.8) is 0 Å². The Kier molecular flexibility index (Phi) is 5.83. The van der Waals surface area contributed by atoms with Crippen LogP contribution < -0.4 is 5.73 Å². The normalized spacial score (nSPS) is 18.4. The molecule has 1 aromatic rings. The molecule has 0 bridgehead atoms. The monoisotopic (exact) mass is 282 g/mol. The van der Waals surface area contributed by atoms with Crippen molar-refractivity contribution in [1.82, 2.24) is 4.90 Å². The second-order valence-electron chi connectivity index (χ2n) is 5.07. The molecule has 1 aliphatic carbocycles. The summed E-state index contributed by atoms with van der Waals surface area (Å²) in [4.78, 5) is 14.2. The summed E-state index contributed by atoms with van der Waals surface area (Å²) in [7, 11) is 0. The van der Waals surface area contributed by atoms with Gasteiger partial charge < -0.3 is 10.6 Å². The highest BCUT2D eigenvalue weighted by Crippen LogP contribution is 2.35. The number of hydrogen-bond acceptors (Lipinski definition) is 2. The van der Waals surface area contributed by atoms with E-state index in [4.69, 9.17) is 5.73 Å². The van der Waals surface area contributed by atoms with E-state index >= 15 is 0 Å². The summed E-state index contributed by atoms with van der Waals surface area (Å²) in [6.07, 6.45) is 3.06. The first kappa shape index (κ1) is 16.0. The smallest absolute Gasteiger partial charge is 0.239 e. The third kappa shape index (κ3) is 3.28. The zero-order chi connectivity index (χ0) is 13.1. The van der Waals surface area contributed by atoms with Crippen LogP contribution in [0.3, 0.4) is 0 Å². The fourth-order valence-corrected chi connectivity index (χ4v) is 2.78. The second kappa shape index (κ2) is 6.92. The lowest BCUT2D eigenvalue weighted by molar-refractivity contribution is -0.134. The number of carbonyl (C=O) groups is 1. The minimum atomic E-state index is -0.413. The minimum absolute atomic E-state index is 0. The van der Waals surface area contributed by atoms with Gasteiger partial charge in [-0.05, 0) is 37.3 Å². The minimum Gasteiger partial charge on any atom is -0.334 e. The Morgan fingerprint density at radius 2 is 2.16 bits per heavy atom. The van der Waals surface area contributed by atoms with Gasteiger partial charge in [-0.1, -0.05) is 31.2 Å². The van der Waals surface area contributed by atoms with Crippen LogP contribution in [0.25, 0.3) is 0 Å². The van der Waals surface area contributed by atoms with E-state index in [1.807, 2.05) is 4.90 Å². The number of rotatable bonds is 4. The first-order valence-electron chi connectivity index (χ1n) is 6.79. The van der Waals surface area contributed by atoms with Gasteiger partial charge in [0.25, 0.3) is 0 Å². The predicted molar refractivity (Wildman–Crippen MR) is 80.4 cm³/mol. The molecule has 1 aliphatic rings. The van der Waals surface area contributed by atoms with Crippen molar-refractivity contribution in [2.75, 3.05) is 6.54 Å². The van der Waals surface area contributed by atoms with Crippen molar-refractivity contribution in [2.24, 2.45) is 5.73 Å². The molecule has 1 unspecified atom stereocenters. The van der Waals surface area contributed by atoms with Crippen molar-refractivity contribution in [2.45, 2.75) is 45.2 Å². The van der Waals surface area contributed by atoms with E-state index < -0.39 is 6.04 Å². The number of nitrogens with two attached hydrogens (primary N) is 1. The van der Waals surface area contributed by atoms with Crippen LogP contribution in [-0.4, -0.2) is 23.4 Å². The highest BCUT2D eigenvalue weighted by molar-refractivity contribution is 5.85. The zero-order valence-corrected chi connectivity index (χ0v) is 12.5. The van der Waals surface area contributed by atoms with Crippen molar-refractivity contribution in [1.29, 1.82) is 0 Å². The Morgan fingerprint density at radius 3 is 2.79 bits per heavy atom. The lowest BCUT2D eigenvalue weighted by Crippen LogP contribution is -2.43. The first-order valence-corrected chi connectivity index (χ1v) is 6.79. The molecule has 0 saturated heterocycles. The average Bonchev–Trinajstić information content (AvgIpc) is 2.79. The number of halogens is 1. The molecule has 4 heteroatoms. The molecule has 2 N–H and O–H groups in total. The Morgan fingerprint density at radius 1 is 1.47 bits per heavy atom. The van der Waals surface area contributed by atoms with E-state index in [9.17, 15) is 4.79 Å². The van der Waals surface area contributed by atoms with Gasteiger partial charge in [-0.3, -0.25) is 4.79 Å². The molecule has 1 aromatic carbocycles. The Balaban J connectivity index is 0.00000180. The van der Waals surface area contributed by atoms with Crippen LogP contribution in [0.15, 0.2) is 24.3 Å². The lowest BCUT2D eigenvalue weighted by Gasteiger charge is -2.31. The summed E-state index contributed by atoms with van der Waals surface area (Å²) < 4.78 is 0. The van der Waals surface area contributed by atoms with Crippen LogP contribution in [0.5, 0.6) is 0 Å². The van der Waals surface area contributed by atoms with Gasteiger partial charge >= 0.3 is 0 Å². The Labute approximate surface area is 121 Å². The van der Waals surface area contributed by atoms with E-state index in [-0.39, 0.29) is 24.4 Å². The van der Waals surface area contributed by atoms with Gasteiger partial charge in [0.2, 0.25) is 5.91 Å². The van der Waals surface area contributed by atoms with Crippen molar-refractivity contribution in [3.8, 4) is 0 Å². The van der Waals surface area contributed by atoms with Crippen LogP contribution >= 0.6 is 12.4 Å². The number of amides is 1. The molecule has 3 nitrogen and oxygen atoms in total. The SMILES string of the molecule is CCCN(C(=O)[C@@H](C)N)C1CCc2ccccc21.Cl. The average molecular weight is 283 g/mol. The molecule has 0 saturated carbocycles. The van der Waals surface area contributed by atoms with E-state index in [0.29, 0.717) is 0 Å². The summed E-state index contributed by atoms with van der Waals surface area (Å²) in [5, 5.41) is 0. The maximum atomic E-state index is 12.2. The molecule has 2 atom stereocenters. The van der Waals surface area contributed by atoms with Gasteiger partial charge in [0.15, 0.2) is 0 Å². The van der Waals surface area contributed by atoms with Gasteiger partial charge in [-0.15, -0.1) is 12.4 Å². The summed E-state index contributed by atoms with van der Waals surface area (Å²) in [6.45, 7) is 4.66. The Bertz CT molecular complexity index is 434. The highest BCUT2D eigenvalue weighted by Gasteiger charge is 2.31. The largest absolute Gasteiger partial charge is 0.334 e. The number of aryl methyl sites for hydroxylation is 1. The summed E-state index contributed by atoms with van der Waals surface area (Å²) in [5.41, 5.74) is 8.44. The predicted octanol–water partition coefficient (Wildman–Crippen LogP) is 2.68. The standard InChI is InChI=1S/C15H22N2O.ClH/c1-3-10-17(15(18)11(2)16)14-9-8-12-6-4-5-7-13(12)14;/h4-7,11,14H,3,8-10,16H2,1-2H3;1H/t11-,14?;/m1./s1. The van der Waals surface area contributed by atoms with E-state index in [0.717, 1.165) is 25.8 Å². The number of nitrogens with zero attached hydrogens (tertiary/aromatic N) is 1. The molecular weight excluding hydrogens is 260 g/mol. The summed E-state index contributed by atoms with van der Waals surface area (Å²) in [6, 6.07) is 8.24. The van der Waals surface area contributed by atoms with Gasteiger partial charge in [0.1, 0.15) is 0 Å². The molecule has 0 spiro atoms. The van der Waals surface area contributed by atoms with E-state index in [2.05, 4.69) is 31.2 Å². The summed E-state index contributed by atoms with van der Waals surface area (Å²) >= 11 is 0. The molecule has 0 heterocycles. The van der Waals surface area contributed by atoms with Crippen molar-refractivity contribution < 1.29 is 4.79 Å². The topological polar surface area (TPSA) is 46.3 Å². The van der Waals surface area contributed by atoms with Crippen LogP contribution in [0.2, 0.25) is 0 Å². The van der Waals surface area contributed by atoms with Crippen LogP contribution in [0.4, 0.5) is 0 Å². The third-order valence-corrected chi connectivity index (χ3v) is 3.61. The summed E-state index contributed by atoms with van der Waals surface area (Å²) in [5.74, 6) is 0.0681. The first-order chi connectivity index (χ1) is 8.65. The number of carbonyl (C=O) groups excluding carboxylic acids is 1. The Hall–Kier alpha value is -1.06. The lowest BCUT2D eigenvalue weighted by atomic mass is 10.1. The van der Waals surface area contributed by atoms with Crippen molar-refractivity contribution in [3.05, 3.63) is 35.4 Å². The van der Waals surface area contributed by atoms with Gasteiger partial charge in [-0.25, -0.2) is 0 Å². The van der Waals surface area contributed by atoms with Crippen LogP contribution in [-0.2, 0) is 11.2 Å². The van der Waals surface area contributed by atoms with E-state index in [1.54, 1.807) is 6.92 Å². The maximum Gasteiger partial charge on any atom is 0.239 e. The number of benzene rings is 1. The molecule has 106 valence electrons. The molecule has 0 aromatic heterocycles. The second-order valence-corrected chi connectivity index (χ2v) is 5.07. The molecular formula is C15H23ClN2O. The fourth-order valence-electron chi connectivity index (χ4n) is 2.78. The highest BCUT2D eigenvalue weighted by atomic mass is 35.5. The van der Waals surface area contributed by atoms with Crippen LogP contribution in [0, 0.1) is 0 Å². The van der Waals surface area contributed by atoms with Crippen LogP contribution in [0.1, 0.15) is 43.9 Å². The fraction of sp³-hybridized carbons (Fsp3) is 0.533. The van der Waals surface area contributed by atoms with Crippen molar-refractivity contribution >= 4 is 18.3 Å². The number of fused-ring (bicyclic) bond motifs is 1. The molecule has 2 rings (SSSR count). The molecule has 0 radical (unpaired) electrons. The third-order valence-electron chi connectivity index (χ3n) is 3.61. The molecule has 0 aliphatic heterocycles. The quantitative estimate of drug-likeness (QED) is 0.923. The van der Waals surface area contributed by atoms with E-state index in [1.165, 1.54) is 11.1 Å². The maximum absolute atomic E-state index is 12.2. The zero-order valence-electron chi connectivity index (χ0n) is 11.6. The molecule has 1 amide bonds. The van der Waals surface area contributed by atoms with Gasteiger partial charge in [-0.2, -0.15) is 0 Å². The molecule has 0 fully saturated rings.